The minimum absolute atomic E-state index is 0.0983. The first kappa shape index (κ1) is 16.0. The van der Waals surface area contributed by atoms with Gasteiger partial charge in [-0.2, -0.15) is 0 Å². The molecule has 0 saturated heterocycles. The maximum Gasteiger partial charge on any atom is 0.315 e. The number of carbonyl (C=O) groups excluding carboxylic acids is 2. The van der Waals surface area contributed by atoms with Crippen molar-refractivity contribution in [2.24, 2.45) is 5.92 Å². The summed E-state index contributed by atoms with van der Waals surface area (Å²) >= 11 is 0. The van der Waals surface area contributed by atoms with Gasteiger partial charge in [0.25, 0.3) is 0 Å². The van der Waals surface area contributed by atoms with E-state index in [0.29, 0.717) is 13.0 Å². The van der Waals surface area contributed by atoms with E-state index in [1.54, 1.807) is 12.2 Å². The van der Waals surface area contributed by atoms with E-state index >= 15 is 0 Å². The molecule has 112 valence electrons. The maximum absolute atomic E-state index is 11.5. The number of carbonyl (C=O) groups is 3. The van der Waals surface area contributed by atoms with Gasteiger partial charge in [-0.15, -0.1) is 0 Å². The van der Waals surface area contributed by atoms with Crippen LogP contribution in [0.5, 0.6) is 0 Å². The molecule has 0 radical (unpaired) electrons. The lowest BCUT2D eigenvalue weighted by Crippen LogP contribution is -2.42. The Bertz CT molecular complexity index is 395. The number of carboxylic acid groups (broad SMARTS) is 1. The minimum Gasteiger partial charge on any atom is -0.481 e. The third-order valence-electron chi connectivity index (χ3n) is 2.93. The average Bonchev–Trinajstić information content (AvgIpc) is 2.85. The van der Waals surface area contributed by atoms with Gasteiger partial charge in [-0.3, -0.25) is 9.59 Å². The highest BCUT2D eigenvalue weighted by atomic mass is 16.4. The molecule has 2 unspecified atom stereocenters. The van der Waals surface area contributed by atoms with Crippen molar-refractivity contribution in [3.63, 3.8) is 0 Å². The molecule has 0 heterocycles. The van der Waals surface area contributed by atoms with Gasteiger partial charge in [-0.05, 0) is 12.8 Å². The van der Waals surface area contributed by atoms with E-state index in [9.17, 15) is 14.4 Å². The number of aliphatic carboxylic acids is 1. The molecule has 3 amide bonds. The molecule has 20 heavy (non-hydrogen) atoms. The number of carboxylic acids is 1. The first-order valence-electron chi connectivity index (χ1n) is 6.75. The van der Waals surface area contributed by atoms with Gasteiger partial charge in [-0.25, -0.2) is 4.79 Å². The standard InChI is InChI=1S/C13H21N3O4/c1-2-6-14-11(17)5-7-15-13(20)16-10-4-3-9(8-10)12(18)19/h3-4,9-10H,2,5-8H2,1H3,(H,14,17)(H,18,19)(H2,15,16,20). The van der Waals surface area contributed by atoms with Gasteiger partial charge in [0.15, 0.2) is 0 Å². The zero-order chi connectivity index (χ0) is 15.0. The third-order valence-corrected chi connectivity index (χ3v) is 2.93. The fraction of sp³-hybridized carbons (Fsp3) is 0.615. The summed E-state index contributed by atoms with van der Waals surface area (Å²) in [5, 5.41) is 16.7. The molecule has 0 aromatic heterocycles. The number of hydrogen-bond acceptors (Lipinski definition) is 3. The van der Waals surface area contributed by atoms with Crippen molar-refractivity contribution < 1.29 is 19.5 Å². The smallest absolute Gasteiger partial charge is 0.315 e. The largest absolute Gasteiger partial charge is 0.481 e. The molecule has 0 spiro atoms. The quantitative estimate of drug-likeness (QED) is 0.502. The van der Waals surface area contributed by atoms with Gasteiger partial charge in [0, 0.05) is 19.5 Å². The second-order valence-electron chi connectivity index (χ2n) is 4.67. The van der Waals surface area contributed by atoms with Crippen LogP contribution in [0, 0.1) is 5.92 Å². The first-order chi connectivity index (χ1) is 9.52. The predicted octanol–water partition coefficient (Wildman–Crippen LogP) is 0.231. The van der Waals surface area contributed by atoms with E-state index in [2.05, 4.69) is 16.0 Å². The molecule has 0 aromatic rings. The Balaban J connectivity index is 2.14. The van der Waals surface area contributed by atoms with Crippen LogP contribution >= 0.6 is 0 Å². The Morgan fingerprint density at radius 2 is 1.95 bits per heavy atom. The Kier molecular flexibility index (Phi) is 6.55. The van der Waals surface area contributed by atoms with Crippen LogP contribution in [0.25, 0.3) is 0 Å². The normalized spacial score (nSPS) is 20.4. The summed E-state index contributed by atoms with van der Waals surface area (Å²) in [5.74, 6) is -1.53. The van der Waals surface area contributed by atoms with Crippen molar-refractivity contribution in [1.82, 2.24) is 16.0 Å². The number of rotatable bonds is 7. The van der Waals surface area contributed by atoms with Gasteiger partial charge in [0.1, 0.15) is 0 Å². The summed E-state index contributed by atoms with van der Waals surface area (Å²) in [6, 6.07) is -0.668. The molecule has 0 aliphatic heterocycles. The molecule has 0 aromatic carbocycles. The molecule has 7 heteroatoms. The highest BCUT2D eigenvalue weighted by Crippen LogP contribution is 2.17. The lowest BCUT2D eigenvalue weighted by molar-refractivity contribution is -0.140. The second-order valence-corrected chi connectivity index (χ2v) is 4.67. The van der Waals surface area contributed by atoms with Crippen molar-refractivity contribution >= 4 is 17.9 Å². The van der Waals surface area contributed by atoms with Crippen LogP contribution in [0.3, 0.4) is 0 Å². The average molecular weight is 283 g/mol. The number of urea groups is 1. The Hall–Kier alpha value is -2.05. The summed E-state index contributed by atoms with van der Waals surface area (Å²) < 4.78 is 0. The summed E-state index contributed by atoms with van der Waals surface area (Å²) in [7, 11) is 0. The van der Waals surface area contributed by atoms with Crippen molar-refractivity contribution in [2.45, 2.75) is 32.2 Å². The highest BCUT2D eigenvalue weighted by Gasteiger charge is 2.25. The summed E-state index contributed by atoms with van der Waals surface area (Å²) in [6.45, 7) is 2.85. The molecule has 4 N–H and O–H groups in total. The molecule has 0 saturated carbocycles. The van der Waals surface area contributed by atoms with Crippen LogP contribution in [-0.2, 0) is 9.59 Å². The van der Waals surface area contributed by atoms with E-state index in [0.717, 1.165) is 6.42 Å². The SMILES string of the molecule is CCCNC(=O)CCNC(=O)NC1C=CC(C(=O)O)C1. The third kappa shape index (κ3) is 5.73. The zero-order valence-corrected chi connectivity index (χ0v) is 11.5. The lowest BCUT2D eigenvalue weighted by Gasteiger charge is -2.13. The molecule has 7 nitrogen and oxygen atoms in total. The maximum atomic E-state index is 11.5. The van der Waals surface area contributed by atoms with Crippen LogP contribution < -0.4 is 16.0 Å². The van der Waals surface area contributed by atoms with Crippen LogP contribution in [0.1, 0.15) is 26.2 Å². The predicted molar refractivity (Wildman–Crippen MR) is 73.1 cm³/mol. The van der Waals surface area contributed by atoms with E-state index in [1.165, 1.54) is 0 Å². The number of amides is 3. The summed E-state index contributed by atoms with van der Waals surface area (Å²) in [6.07, 6.45) is 4.71. The molecule has 2 atom stereocenters. The second kappa shape index (κ2) is 8.19. The van der Waals surface area contributed by atoms with Crippen LogP contribution in [0.15, 0.2) is 12.2 Å². The van der Waals surface area contributed by atoms with Gasteiger partial charge < -0.3 is 21.1 Å². The number of hydrogen-bond donors (Lipinski definition) is 4. The van der Waals surface area contributed by atoms with E-state index in [-0.39, 0.29) is 24.9 Å². The Morgan fingerprint density at radius 1 is 1.20 bits per heavy atom. The summed E-state index contributed by atoms with van der Waals surface area (Å²) in [5.41, 5.74) is 0. The Morgan fingerprint density at radius 3 is 2.55 bits per heavy atom. The van der Waals surface area contributed by atoms with Gasteiger partial charge in [0.2, 0.25) is 5.91 Å². The fourth-order valence-electron chi connectivity index (χ4n) is 1.85. The van der Waals surface area contributed by atoms with Crippen LogP contribution in [0.2, 0.25) is 0 Å². The van der Waals surface area contributed by atoms with Crippen molar-refractivity contribution in [3.05, 3.63) is 12.2 Å². The van der Waals surface area contributed by atoms with Gasteiger partial charge in [-0.1, -0.05) is 19.1 Å². The van der Waals surface area contributed by atoms with Gasteiger partial charge in [0.05, 0.1) is 12.0 Å². The molecule has 1 rings (SSSR count). The van der Waals surface area contributed by atoms with Crippen LogP contribution in [-0.4, -0.2) is 42.1 Å². The van der Waals surface area contributed by atoms with E-state index < -0.39 is 17.9 Å². The first-order valence-corrected chi connectivity index (χ1v) is 6.75. The Labute approximate surface area is 117 Å². The van der Waals surface area contributed by atoms with Crippen molar-refractivity contribution in [3.8, 4) is 0 Å². The lowest BCUT2D eigenvalue weighted by atomic mass is 10.1. The fourth-order valence-corrected chi connectivity index (χ4v) is 1.85. The molecular formula is C13H21N3O4. The van der Waals surface area contributed by atoms with Gasteiger partial charge >= 0.3 is 12.0 Å². The monoisotopic (exact) mass is 283 g/mol. The van der Waals surface area contributed by atoms with Crippen molar-refractivity contribution in [1.29, 1.82) is 0 Å². The number of nitrogens with one attached hydrogen (secondary N) is 3. The van der Waals surface area contributed by atoms with E-state index in [4.69, 9.17) is 5.11 Å². The summed E-state index contributed by atoms with van der Waals surface area (Å²) in [4.78, 5) is 33.6. The minimum atomic E-state index is -0.890. The zero-order valence-electron chi connectivity index (χ0n) is 11.5. The van der Waals surface area contributed by atoms with Crippen LogP contribution in [0.4, 0.5) is 4.79 Å². The molecule has 1 aliphatic rings. The molecular weight excluding hydrogens is 262 g/mol. The topological polar surface area (TPSA) is 108 Å². The van der Waals surface area contributed by atoms with Crippen molar-refractivity contribution in [2.75, 3.05) is 13.1 Å². The highest BCUT2D eigenvalue weighted by molar-refractivity contribution is 5.78. The molecule has 0 bridgehead atoms. The van der Waals surface area contributed by atoms with E-state index in [1.807, 2.05) is 6.92 Å². The molecule has 1 aliphatic carbocycles. The molecule has 0 fully saturated rings.